The Hall–Kier alpha value is -0.0800. The van der Waals surface area contributed by atoms with Gasteiger partial charge in [0, 0.05) is 0 Å². The fraction of sp³-hybridized carbons (Fsp3) is 1.00. The molecule has 0 aromatic carbocycles. The van der Waals surface area contributed by atoms with Gasteiger partial charge in [-0.2, -0.15) is 0 Å². The predicted molar refractivity (Wildman–Crippen MR) is 40.1 cm³/mol. The highest BCUT2D eigenvalue weighted by Gasteiger charge is 2.02. The molecule has 1 atom stereocenters. The van der Waals surface area contributed by atoms with Crippen molar-refractivity contribution in [3.8, 4) is 0 Å². The number of hydroxylamine groups is 2. The summed E-state index contributed by atoms with van der Waals surface area (Å²) in [6.07, 6.45) is 0.932. The molecular weight excluding hydrogens is 114 g/mol. The smallest absolute Gasteiger partial charge is 0.00558 e. The van der Waals surface area contributed by atoms with Crippen LogP contribution in [0.1, 0.15) is 34.1 Å². The van der Waals surface area contributed by atoms with E-state index in [-0.39, 0.29) is 12.1 Å². The van der Waals surface area contributed by atoms with Crippen molar-refractivity contribution in [3.63, 3.8) is 0 Å². The first-order valence-corrected chi connectivity index (χ1v) is 3.55. The van der Waals surface area contributed by atoms with Crippen LogP contribution in [0.25, 0.3) is 0 Å². The summed E-state index contributed by atoms with van der Waals surface area (Å²) in [7, 11) is 0. The van der Waals surface area contributed by atoms with E-state index < -0.39 is 0 Å². The molecule has 0 saturated heterocycles. The van der Waals surface area contributed by atoms with Crippen LogP contribution in [0.5, 0.6) is 0 Å². The van der Waals surface area contributed by atoms with Gasteiger partial charge in [-0.15, -0.1) is 0 Å². The average Bonchev–Trinajstić information content (AvgIpc) is 1.84. The highest BCUT2D eigenvalue weighted by Crippen LogP contribution is 2.04. The second-order valence-electron chi connectivity index (χ2n) is 2.71. The summed E-state index contributed by atoms with van der Waals surface area (Å²) < 4.78 is 0. The number of rotatable bonds is 3. The molecule has 0 spiro atoms. The molecule has 0 heterocycles. The van der Waals surface area contributed by atoms with E-state index in [1.807, 2.05) is 27.7 Å². The van der Waals surface area contributed by atoms with Crippen LogP contribution < -0.4 is 0 Å². The maximum atomic E-state index is 11.0. The molecular formula is C7H16NO-. The highest BCUT2D eigenvalue weighted by atomic mass is 16.5. The molecule has 0 fully saturated rings. The van der Waals surface area contributed by atoms with Crippen LogP contribution in [-0.4, -0.2) is 17.1 Å². The van der Waals surface area contributed by atoms with Gasteiger partial charge in [0.15, 0.2) is 0 Å². The second kappa shape index (κ2) is 3.85. The van der Waals surface area contributed by atoms with Crippen molar-refractivity contribution in [1.29, 1.82) is 0 Å². The molecule has 0 rings (SSSR count). The molecule has 2 nitrogen and oxygen atoms in total. The zero-order valence-electron chi connectivity index (χ0n) is 6.72. The van der Waals surface area contributed by atoms with Gasteiger partial charge in [-0.3, -0.25) is 0 Å². The third kappa shape index (κ3) is 2.82. The monoisotopic (exact) mass is 130 g/mol. The molecule has 0 bridgehead atoms. The lowest BCUT2D eigenvalue weighted by molar-refractivity contribution is 0.237. The van der Waals surface area contributed by atoms with Crippen LogP contribution in [-0.2, 0) is 0 Å². The van der Waals surface area contributed by atoms with E-state index in [4.69, 9.17) is 0 Å². The van der Waals surface area contributed by atoms with Crippen LogP contribution in [0.15, 0.2) is 0 Å². The first-order chi connectivity index (χ1) is 4.09. The van der Waals surface area contributed by atoms with Gasteiger partial charge in [-0.05, 0) is 18.5 Å². The molecule has 0 N–H and O–H groups in total. The summed E-state index contributed by atoms with van der Waals surface area (Å²) in [6, 6.07) is 0.296. The van der Waals surface area contributed by atoms with Crippen molar-refractivity contribution in [3.05, 3.63) is 5.21 Å². The molecule has 0 amide bonds. The van der Waals surface area contributed by atoms with Gasteiger partial charge < -0.3 is 10.3 Å². The zero-order valence-corrected chi connectivity index (χ0v) is 6.72. The fourth-order valence-electron chi connectivity index (χ4n) is 0.689. The first kappa shape index (κ1) is 8.92. The van der Waals surface area contributed by atoms with Gasteiger partial charge in [-0.1, -0.05) is 27.7 Å². The van der Waals surface area contributed by atoms with Crippen molar-refractivity contribution in [1.82, 2.24) is 5.06 Å². The number of hydrogen-bond donors (Lipinski definition) is 0. The molecule has 0 saturated carbocycles. The minimum absolute atomic E-state index is 0.125. The Bertz CT molecular complexity index is 73.3. The molecule has 0 aromatic rings. The Balaban J connectivity index is 3.58. The lowest BCUT2D eigenvalue weighted by Crippen LogP contribution is -2.32. The third-order valence-electron chi connectivity index (χ3n) is 1.53. The molecule has 0 aromatic heterocycles. The Labute approximate surface area is 57.4 Å². The molecule has 0 aliphatic carbocycles. The van der Waals surface area contributed by atoms with E-state index in [2.05, 4.69) is 0 Å². The van der Waals surface area contributed by atoms with E-state index in [0.29, 0.717) is 0 Å². The maximum Gasteiger partial charge on any atom is -0.00558 e. The Morgan fingerprint density at radius 1 is 1.33 bits per heavy atom. The number of nitrogens with zero attached hydrogens (tertiary/aromatic N) is 1. The quantitative estimate of drug-likeness (QED) is 0.546. The van der Waals surface area contributed by atoms with E-state index in [0.717, 1.165) is 11.5 Å². The molecule has 2 heteroatoms. The van der Waals surface area contributed by atoms with Gasteiger partial charge in [0.05, 0.1) is 0 Å². The summed E-state index contributed by atoms with van der Waals surface area (Å²) in [5.41, 5.74) is 0. The lowest BCUT2D eigenvalue weighted by Gasteiger charge is -2.38. The Kier molecular flexibility index (Phi) is 3.82. The molecule has 9 heavy (non-hydrogen) atoms. The number of hydrogen-bond acceptors (Lipinski definition) is 2. The summed E-state index contributed by atoms with van der Waals surface area (Å²) in [4.78, 5) is 0. The molecule has 0 aliphatic rings. The van der Waals surface area contributed by atoms with Gasteiger partial charge in [-0.25, -0.2) is 0 Å². The van der Waals surface area contributed by atoms with Gasteiger partial charge in [0.25, 0.3) is 0 Å². The normalized spacial score (nSPS) is 15.0. The predicted octanol–water partition coefficient (Wildman–Crippen LogP) is 1.99. The standard InChI is InChI=1S/C7H16NO/c1-5-7(4)8(9)6(2)3/h6-7H,5H2,1-4H3/q-1. The summed E-state index contributed by atoms with van der Waals surface area (Å²) >= 11 is 0. The van der Waals surface area contributed by atoms with Gasteiger partial charge >= 0.3 is 0 Å². The van der Waals surface area contributed by atoms with Crippen LogP contribution in [0.4, 0.5) is 0 Å². The summed E-state index contributed by atoms with van der Waals surface area (Å²) in [5, 5.41) is 12.1. The fourth-order valence-corrected chi connectivity index (χ4v) is 0.689. The first-order valence-electron chi connectivity index (χ1n) is 3.55. The average molecular weight is 130 g/mol. The largest absolute Gasteiger partial charge is 0.785 e. The van der Waals surface area contributed by atoms with Crippen molar-refractivity contribution in [2.24, 2.45) is 0 Å². The van der Waals surface area contributed by atoms with Crippen LogP contribution in [0.3, 0.4) is 0 Å². The topological polar surface area (TPSA) is 26.3 Å². The molecule has 0 aliphatic heterocycles. The molecule has 1 unspecified atom stereocenters. The van der Waals surface area contributed by atoms with Crippen LogP contribution in [0.2, 0.25) is 0 Å². The summed E-state index contributed by atoms with van der Waals surface area (Å²) in [5.74, 6) is 0. The van der Waals surface area contributed by atoms with E-state index in [1.165, 1.54) is 0 Å². The minimum atomic E-state index is 0.125. The second-order valence-corrected chi connectivity index (χ2v) is 2.71. The lowest BCUT2D eigenvalue weighted by atomic mass is 10.2. The van der Waals surface area contributed by atoms with Crippen molar-refractivity contribution >= 4 is 0 Å². The summed E-state index contributed by atoms with van der Waals surface area (Å²) in [6.45, 7) is 7.81. The Morgan fingerprint density at radius 3 is 1.89 bits per heavy atom. The van der Waals surface area contributed by atoms with E-state index in [1.54, 1.807) is 0 Å². The maximum absolute atomic E-state index is 11.0. The highest BCUT2D eigenvalue weighted by molar-refractivity contribution is 4.68. The SMILES string of the molecule is CCC(C)N([O-])C(C)C. The van der Waals surface area contributed by atoms with Gasteiger partial charge in [0.1, 0.15) is 0 Å². The van der Waals surface area contributed by atoms with Crippen LogP contribution >= 0.6 is 0 Å². The molecule has 56 valence electrons. The zero-order chi connectivity index (χ0) is 7.44. The van der Waals surface area contributed by atoms with Crippen LogP contribution in [0, 0.1) is 5.21 Å². The Morgan fingerprint density at radius 2 is 1.78 bits per heavy atom. The van der Waals surface area contributed by atoms with E-state index >= 15 is 0 Å². The minimum Gasteiger partial charge on any atom is -0.785 e. The van der Waals surface area contributed by atoms with Gasteiger partial charge in [0.2, 0.25) is 0 Å². The van der Waals surface area contributed by atoms with Crippen molar-refractivity contribution < 1.29 is 0 Å². The van der Waals surface area contributed by atoms with Crippen molar-refractivity contribution in [2.45, 2.75) is 46.2 Å². The molecule has 0 radical (unpaired) electrons. The third-order valence-corrected chi connectivity index (χ3v) is 1.53. The van der Waals surface area contributed by atoms with Crippen molar-refractivity contribution in [2.75, 3.05) is 0 Å². The van der Waals surface area contributed by atoms with E-state index in [9.17, 15) is 5.21 Å².